The molecule has 1 aliphatic rings. The second kappa shape index (κ2) is 12.1. The summed E-state index contributed by atoms with van der Waals surface area (Å²) in [5.74, 6) is 1.15. The minimum Gasteiger partial charge on any atom is -0.497 e. The number of hydrogen-bond donors (Lipinski definition) is 0. The quantitative estimate of drug-likeness (QED) is 0.191. The number of fused-ring (bicyclic) bond motifs is 1. The number of halogens is 2. The van der Waals surface area contributed by atoms with Crippen LogP contribution in [0.4, 0.5) is 0 Å². The molecule has 0 amide bonds. The van der Waals surface area contributed by atoms with E-state index in [1.165, 1.54) is 11.3 Å². The number of methoxy groups -OCH3 is 1. The molecule has 5 aromatic rings. The Morgan fingerprint density at radius 2 is 1.77 bits per heavy atom. The molecule has 7 nitrogen and oxygen atoms in total. The van der Waals surface area contributed by atoms with Crippen molar-refractivity contribution in [2.75, 3.05) is 13.7 Å². The molecule has 1 aliphatic heterocycles. The fourth-order valence-electron chi connectivity index (χ4n) is 4.91. The van der Waals surface area contributed by atoms with Crippen molar-refractivity contribution in [3.8, 4) is 17.1 Å². The highest BCUT2D eigenvalue weighted by atomic mass is 35.5. The first-order valence-corrected chi connectivity index (χ1v) is 14.9. The summed E-state index contributed by atoms with van der Waals surface area (Å²) in [6.07, 6.45) is 1.67. The second-order valence-corrected chi connectivity index (χ2v) is 11.4. The van der Waals surface area contributed by atoms with Crippen LogP contribution in [-0.4, -0.2) is 24.3 Å². The third-order valence-electron chi connectivity index (χ3n) is 6.91. The van der Waals surface area contributed by atoms with Gasteiger partial charge in [-0.3, -0.25) is 9.36 Å². The third kappa shape index (κ3) is 5.57. The predicted octanol–water partition coefficient (Wildman–Crippen LogP) is 6.51. The molecule has 3 heterocycles. The van der Waals surface area contributed by atoms with Gasteiger partial charge in [-0.05, 0) is 55.0 Å². The fourth-order valence-corrected chi connectivity index (χ4v) is 6.19. The van der Waals surface area contributed by atoms with Crippen molar-refractivity contribution in [1.29, 1.82) is 0 Å². The summed E-state index contributed by atoms with van der Waals surface area (Å²) in [5, 5.41) is 0.859. The van der Waals surface area contributed by atoms with Gasteiger partial charge in [-0.2, -0.15) is 0 Å². The Labute approximate surface area is 260 Å². The lowest BCUT2D eigenvalue weighted by atomic mass is 9.93. The second-order valence-electron chi connectivity index (χ2n) is 9.54. The molecule has 0 N–H and O–H groups in total. The molecular weight excluding hydrogens is 607 g/mol. The van der Waals surface area contributed by atoms with E-state index < -0.39 is 12.0 Å². The van der Waals surface area contributed by atoms with E-state index in [0.29, 0.717) is 47.9 Å². The third-order valence-corrected chi connectivity index (χ3v) is 8.63. The summed E-state index contributed by atoms with van der Waals surface area (Å²) in [7, 11) is 1.58. The Morgan fingerprint density at radius 1 is 1.00 bits per heavy atom. The molecule has 0 aliphatic carbocycles. The van der Waals surface area contributed by atoms with Crippen LogP contribution in [0.5, 0.6) is 5.75 Å². The van der Waals surface area contributed by atoms with Crippen molar-refractivity contribution >= 4 is 52.3 Å². The summed E-state index contributed by atoms with van der Waals surface area (Å²) in [5.41, 5.74) is 2.61. The van der Waals surface area contributed by atoms with Gasteiger partial charge >= 0.3 is 5.97 Å². The monoisotopic (exact) mass is 630 g/mol. The summed E-state index contributed by atoms with van der Waals surface area (Å²) >= 11 is 13.5. The Hall–Kier alpha value is -4.37. The number of furan rings is 1. The smallest absolute Gasteiger partial charge is 0.338 e. The van der Waals surface area contributed by atoms with Crippen LogP contribution in [0.1, 0.15) is 29.9 Å². The van der Waals surface area contributed by atoms with Crippen LogP contribution in [0.3, 0.4) is 0 Å². The molecule has 0 unspecified atom stereocenters. The predicted molar refractivity (Wildman–Crippen MR) is 168 cm³/mol. The van der Waals surface area contributed by atoms with Crippen LogP contribution in [0, 0.1) is 0 Å². The highest BCUT2D eigenvalue weighted by molar-refractivity contribution is 7.07. The molecule has 1 atom stereocenters. The van der Waals surface area contributed by atoms with E-state index in [-0.39, 0.29) is 17.7 Å². The molecule has 3 aromatic carbocycles. The first kappa shape index (κ1) is 28.7. The van der Waals surface area contributed by atoms with E-state index in [2.05, 4.69) is 0 Å². The van der Waals surface area contributed by atoms with Crippen LogP contribution in [0.2, 0.25) is 10.0 Å². The Balaban J connectivity index is 1.55. The van der Waals surface area contributed by atoms with Crippen LogP contribution < -0.4 is 19.6 Å². The van der Waals surface area contributed by atoms with Gasteiger partial charge in [0.1, 0.15) is 17.3 Å². The lowest BCUT2D eigenvalue weighted by Gasteiger charge is -2.26. The molecule has 0 spiro atoms. The van der Waals surface area contributed by atoms with E-state index in [1.807, 2.05) is 48.5 Å². The lowest BCUT2D eigenvalue weighted by molar-refractivity contribution is -0.138. The maximum absolute atomic E-state index is 14.1. The van der Waals surface area contributed by atoms with E-state index >= 15 is 0 Å². The summed E-state index contributed by atoms with van der Waals surface area (Å²) in [6, 6.07) is 24.7. The van der Waals surface area contributed by atoms with Gasteiger partial charge in [0, 0.05) is 17.2 Å². The van der Waals surface area contributed by atoms with Gasteiger partial charge in [-0.25, -0.2) is 9.79 Å². The van der Waals surface area contributed by atoms with Crippen molar-refractivity contribution < 1.29 is 18.7 Å². The van der Waals surface area contributed by atoms with Crippen molar-refractivity contribution in [2.45, 2.75) is 13.0 Å². The lowest BCUT2D eigenvalue weighted by Crippen LogP contribution is -2.40. The zero-order valence-electron chi connectivity index (χ0n) is 23.0. The fraction of sp³-hybridized carbons (Fsp3) is 0.121. The number of thiazole rings is 1. The van der Waals surface area contributed by atoms with E-state index in [9.17, 15) is 9.59 Å². The number of hydrogen-bond acceptors (Lipinski definition) is 7. The van der Waals surface area contributed by atoms with Gasteiger partial charge in [-0.1, -0.05) is 77.0 Å². The van der Waals surface area contributed by atoms with Gasteiger partial charge in [0.2, 0.25) is 0 Å². The summed E-state index contributed by atoms with van der Waals surface area (Å²) in [6.45, 7) is 1.91. The SMILES string of the molecule is CCOC(=O)C1=C(c2ccccc2)N=c2s/c(=C\c3ccc(-c4ccc(Cl)c(Cl)c4)o3)c(=O)n2[C@H]1c1ccc(OC)cc1. The first-order chi connectivity index (χ1) is 20.9. The molecular formula is C33H24Cl2N2O5S. The average molecular weight is 632 g/mol. The molecule has 216 valence electrons. The van der Waals surface area contributed by atoms with Crippen LogP contribution >= 0.6 is 34.5 Å². The number of aromatic nitrogens is 1. The van der Waals surface area contributed by atoms with Gasteiger partial charge in [-0.15, -0.1) is 0 Å². The molecule has 0 fully saturated rings. The molecule has 0 saturated carbocycles. The van der Waals surface area contributed by atoms with Crippen molar-refractivity contribution in [2.24, 2.45) is 4.99 Å². The van der Waals surface area contributed by atoms with Crippen molar-refractivity contribution in [3.63, 3.8) is 0 Å². The Morgan fingerprint density at radius 3 is 2.47 bits per heavy atom. The van der Waals surface area contributed by atoms with Gasteiger partial charge in [0.15, 0.2) is 4.80 Å². The molecule has 10 heteroatoms. The average Bonchev–Trinajstić information content (AvgIpc) is 3.62. The van der Waals surface area contributed by atoms with Crippen LogP contribution in [0.15, 0.2) is 105 Å². The molecule has 0 saturated heterocycles. The number of benzene rings is 3. The Kier molecular flexibility index (Phi) is 8.08. The minimum atomic E-state index is -0.790. The van der Waals surface area contributed by atoms with E-state index in [4.69, 9.17) is 42.1 Å². The normalized spacial score (nSPS) is 14.8. The first-order valence-electron chi connectivity index (χ1n) is 13.4. The van der Waals surface area contributed by atoms with Gasteiger partial charge < -0.3 is 13.9 Å². The van der Waals surface area contributed by atoms with E-state index in [1.54, 1.807) is 61.1 Å². The zero-order chi connectivity index (χ0) is 30.1. The minimum absolute atomic E-state index is 0.170. The number of nitrogens with zero attached hydrogens (tertiary/aromatic N) is 2. The van der Waals surface area contributed by atoms with Gasteiger partial charge in [0.25, 0.3) is 5.56 Å². The van der Waals surface area contributed by atoms with Crippen molar-refractivity contribution in [3.05, 3.63) is 137 Å². The molecule has 0 radical (unpaired) electrons. The standard InChI is InChI=1S/C33H24Cl2N2O5S/c1-3-41-32(39)28-29(19-7-5-4-6-8-19)36-33-37(30(28)20-9-12-22(40-2)13-10-20)31(38)27(43-33)18-23-14-16-26(42-23)21-11-15-24(34)25(35)17-21/h4-18,30H,3H2,1-2H3/b27-18-/t30-/m0/s1. The molecule has 6 rings (SSSR count). The molecule has 0 bridgehead atoms. The van der Waals surface area contributed by atoms with Crippen molar-refractivity contribution in [1.82, 2.24) is 4.57 Å². The number of carbonyl (C=O) groups excluding carboxylic acids is 1. The number of carbonyl (C=O) groups is 1. The summed E-state index contributed by atoms with van der Waals surface area (Å²) < 4.78 is 18.8. The largest absolute Gasteiger partial charge is 0.497 e. The van der Waals surface area contributed by atoms with Crippen LogP contribution in [-0.2, 0) is 9.53 Å². The maximum Gasteiger partial charge on any atom is 0.338 e. The summed E-state index contributed by atoms with van der Waals surface area (Å²) in [4.78, 5) is 32.9. The highest BCUT2D eigenvalue weighted by Crippen LogP contribution is 2.36. The highest BCUT2D eigenvalue weighted by Gasteiger charge is 2.35. The van der Waals surface area contributed by atoms with Crippen LogP contribution in [0.25, 0.3) is 23.1 Å². The number of rotatable bonds is 7. The zero-order valence-corrected chi connectivity index (χ0v) is 25.4. The van der Waals surface area contributed by atoms with E-state index in [0.717, 1.165) is 11.1 Å². The Bertz CT molecular complexity index is 2040. The molecule has 43 heavy (non-hydrogen) atoms. The topological polar surface area (TPSA) is 83.0 Å². The number of esters is 1. The van der Waals surface area contributed by atoms with Gasteiger partial charge in [0.05, 0.1) is 45.6 Å². The number of ether oxygens (including phenoxy) is 2. The molecule has 2 aromatic heterocycles. The maximum atomic E-state index is 14.1.